The van der Waals surface area contributed by atoms with Crippen LogP contribution in [0.4, 0.5) is 5.13 Å². The highest BCUT2D eigenvalue weighted by Crippen LogP contribution is 2.35. The van der Waals surface area contributed by atoms with Gasteiger partial charge >= 0.3 is 0 Å². The van der Waals surface area contributed by atoms with Gasteiger partial charge in [0.2, 0.25) is 5.13 Å². The summed E-state index contributed by atoms with van der Waals surface area (Å²) in [5.41, 5.74) is 2.82. The van der Waals surface area contributed by atoms with Gasteiger partial charge in [-0.2, -0.15) is 0 Å². The van der Waals surface area contributed by atoms with E-state index in [9.17, 15) is 4.79 Å². The highest BCUT2D eigenvalue weighted by Gasteiger charge is 2.16. The van der Waals surface area contributed by atoms with Crippen LogP contribution in [0.2, 0.25) is 10.0 Å². The van der Waals surface area contributed by atoms with Crippen LogP contribution in [0, 0.1) is 6.92 Å². The Labute approximate surface area is 213 Å². The molecule has 1 heterocycles. The van der Waals surface area contributed by atoms with Crippen LogP contribution in [0.15, 0.2) is 40.7 Å². The number of amides is 1. The van der Waals surface area contributed by atoms with E-state index in [0.717, 1.165) is 22.9 Å². The molecule has 1 amide bonds. The van der Waals surface area contributed by atoms with Crippen LogP contribution >= 0.6 is 46.3 Å². The summed E-state index contributed by atoms with van der Waals surface area (Å²) >= 11 is 15.6. The average molecular weight is 525 g/mol. The lowest BCUT2D eigenvalue weighted by atomic mass is 10.1. The van der Waals surface area contributed by atoms with E-state index in [1.165, 1.54) is 41.7 Å². The Kier molecular flexibility index (Phi) is 10.3. The van der Waals surface area contributed by atoms with Crippen molar-refractivity contribution in [3.8, 4) is 5.75 Å². The van der Waals surface area contributed by atoms with Crippen LogP contribution in [-0.2, 0) is 5.75 Å². The fourth-order valence-corrected chi connectivity index (χ4v) is 5.53. The molecule has 33 heavy (non-hydrogen) atoms. The van der Waals surface area contributed by atoms with Gasteiger partial charge in [-0.15, -0.1) is 10.2 Å². The number of carbonyl (C=O) groups excluding carboxylic acids is 1. The molecule has 1 aromatic heterocycles. The molecular formula is C24H27Cl2N3O2S2. The zero-order valence-corrected chi connectivity index (χ0v) is 21.8. The van der Waals surface area contributed by atoms with Gasteiger partial charge in [0.25, 0.3) is 5.91 Å². The number of carbonyl (C=O) groups is 1. The zero-order valence-electron chi connectivity index (χ0n) is 18.7. The number of aryl methyl sites for hydroxylation is 1. The van der Waals surface area contributed by atoms with Crippen molar-refractivity contribution in [1.29, 1.82) is 0 Å². The van der Waals surface area contributed by atoms with E-state index in [-0.39, 0.29) is 5.91 Å². The first-order valence-electron chi connectivity index (χ1n) is 10.9. The van der Waals surface area contributed by atoms with E-state index in [1.54, 1.807) is 23.9 Å². The number of benzene rings is 2. The standard InChI is InChI=1S/C24H27Cl2N3O2S2/c1-3-4-5-6-9-12-31-21-19(25)13-18(14-20(21)26)22(30)27-23-28-29-24(33-23)32-15-17-11-8-7-10-16(17)2/h7-8,10-11,13-14H,3-6,9,12,15H2,1-2H3,(H,27,28,30). The second-order valence-electron chi connectivity index (χ2n) is 7.57. The quantitative estimate of drug-likeness (QED) is 0.148. The number of hydrogen-bond donors (Lipinski definition) is 1. The van der Waals surface area contributed by atoms with Crippen molar-refractivity contribution < 1.29 is 9.53 Å². The maximum absolute atomic E-state index is 12.7. The number of nitrogens with one attached hydrogen (secondary N) is 1. The van der Waals surface area contributed by atoms with Gasteiger partial charge in [-0.1, -0.05) is 103 Å². The normalized spacial score (nSPS) is 10.9. The summed E-state index contributed by atoms with van der Waals surface area (Å²) in [6.07, 6.45) is 5.67. The van der Waals surface area contributed by atoms with Gasteiger partial charge in [-0.05, 0) is 36.6 Å². The molecule has 9 heteroatoms. The van der Waals surface area contributed by atoms with Crippen LogP contribution < -0.4 is 10.1 Å². The Morgan fingerprint density at radius 3 is 2.55 bits per heavy atom. The minimum Gasteiger partial charge on any atom is -0.490 e. The third kappa shape index (κ3) is 7.88. The molecule has 3 rings (SSSR count). The first-order valence-corrected chi connectivity index (χ1v) is 13.5. The van der Waals surface area contributed by atoms with E-state index in [0.29, 0.717) is 33.1 Å². The molecule has 0 radical (unpaired) electrons. The fraction of sp³-hybridized carbons (Fsp3) is 0.375. The van der Waals surface area contributed by atoms with Crippen molar-refractivity contribution in [1.82, 2.24) is 10.2 Å². The maximum atomic E-state index is 12.7. The van der Waals surface area contributed by atoms with Gasteiger partial charge in [-0.3, -0.25) is 10.1 Å². The molecule has 0 fully saturated rings. The summed E-state index contributed by atoms with van der Waals surface area (Å²) < 4.78 is 6.54. The van der Waals surface area contributed by atoms with Crippen LogP contribution in [0.3, 0.4) is 0 Å². The average Bonchev–Trinajstić information content (AvgIpc) is 3.24. The van der Waals surface area contributed by atoms with Crippen molar-refractivity contribution in [2.24, 2.45) is 0 Å². The molecule has 0 aliphatic carbocycles. The van der Waals surface area contributed by atoms with E-state index < -0.39 is 0 Å². The molecule has 176 valence electrons. The summed E-state index contributed by atoms with van der Waals surface area (Å²) in [6, 6.07) is 11.3. The monoisotopic (exact) mass is 523 g/mol. The maximum Gasteiger partial charge on any atom is 0.257 e. The van der Waals surface area contributed by atoms with Crippen molar-refractivity contribution in [3.63, 3.8) is 0 Å². The predicted octanol–water partition coefficient (Wildman–Crippen LogP) is 8.05. The third-order valence-corrected chi connectivity index (χ3v) is 7.58. The highest BCUT2D eigenvalue weighted by molar-refractivity contribution is 8.00. The number of rotatable bonds is 12. The summed E-state index contributed by atoms with van der Waals surface area (Å²) in [7, 11) is 0. The molecule has 1 N–H and O–H groups in total. The first kappa shape index (κ1) is 25.8. The van der Waals surface area contributed by atoms with E-state index in [1.807, 2.05) is 12.1 Å². The Bertz CT molecular complexity index is 1050. The minimum absolute atomic E-state index is 0.313. The summed E-state index contributed by atoms with van der Waals surface area (Å²) in [4.78, 5) is 12.7. The number of nitrogens with zero attached hydrogens (tertiary/aromatic N) is 2. The van der Waals surface area contributed by atoms with Crippen LogP contribution in [0.5, 0.6) is 5.75 Å². The Balaban J connectivity index is 1.54. The number of ether oxygens (including phenoxy) is 1. The molecular weight excluding hydrogens is 497 g/mol. The molecule has 0 saturated carbocycles. The Morgan fingerprint density at radius 1 is 1.09 bits per heavy atom. The Morgan fingerprint density at radius 2 is 1.82 bits per heavy atom. The van der Waals surface area contributed by atoms with Gasteiger partial charge in [0, 0.05) is 11.3 Å². The molecule has 0 atom stereocenters. The lowest BCUT2D eigenvalue weighted by molar-refractivity contribution is 0.102. The molecule has 3 aromatic rings. The number of thioether (sulfide) groups is 1. The Hall–Kier alpha value is -1.80. The van der Waals surface area contributed by atoms with E-state index in [4.69, 9.17) is 27.9 Å². The summed E-state index contributed by atoms with van der Waals surface area (Å²) in [5, 5.41) is 12.1. The number of unbranched alkanes of at least 4 members (excludes halogenated alkanes) is 4. The van der Waals surface area contributed by atoms with Gasteiger partial charge in [0.15, 0.2) is 10.1 Å². The van der Waals surface area contributed by atoms with Crippen LogP contribution in [0.1, 0.15) is 60.5 Å². The second kappa shape index (κ2) is 13.2. The molecule has 0 bridgehead atoms. The lowest BCUT2D eigenvalue weighted by Gasteiger charge is -2.11. The number of hydrogen-bond acceptors (Lipinski definition) is 6. The van der Waals surface area contributed by atoms with Crippen molar-refractivity contribution in [2.75, 3.05) is 11.9 Å². The molecule has 0 unspecified atom stereocenters. The highest BCUT2D eigenvalue weighted by atomic mass is 35.5. The van der Waals surface area contributed by atoms with E-state index >= 15 is 0 Å². The zero-order chi connectivity index (χ0) is 23.6. The number of halogens is 2. The third-order valence-electron chi connectivity index (χ3n) is 4.99. The van der Waals surface area contributed by atoms with E-state index in [2.05, 4.69) is 41.5 Å². The second-order valence-corrected chi connectivity index (χ2v) is 10.6. The largest absolute Gasteiger partial charge is 0.490 e. The first-order chi connectivity index (χ1) is 16.0. The van der Waals surface area contributed by atoms with Crippen molar-refractivity contribution >= 4 is 57.3 Å². The molecule has 0 aliphatic rings. The minimum atomic E-state index is -0.350. The molecule has 0 aliphatic heterocycles. The molecule has 2 aromatic carbocycles. The molecule has 0 spiro atoms. The molecule has 5 nitrogen and oxygen atoms in total. The molecule has 0 saturated heterocycles. The van der Waals surface area contributed by atoms with Gasteiger partial charge in [0.1, 0.15) is 0 Å². The van der Waals surface area contributed by atoms with Crippen molar-refractivity contribution in [3.05, 3.63) is 63.1 Å². The van der Waals surface area contributed by atoms with Crippen LogP contribution in [0.25, 0.3) is 0 Å². The number of aromatic nitrogens is 2. The van der Waals surface area contributed by atoms with Crippen LogP contribution in [-0.4, -0.2) is 22.7 Å². The SMILES string of the molecule is CCCCCCCOc1c(Cl)cc(C(=O)Nc2nnc(SCc3ccccc3C)s2)cc1Cl. The van der Waals surface area contributed by atoms with Gasteiger partial charge < -0.3 is 4.74 Å². The summed E-state index contributed by atoms with van der Waals surface area (Å²) in [5.74, 6) is 0.855. The number of anilines is 1. The smallest absolute Gasteiger partial charge is 0.257 e. The van der Waals surface area contributed by atoms with Crippen molar-refractivity contribution in [2.45, 2.75) is 56.0 Å². The predicted molar refractivity (Wildman–Crippen MR) is 139 cm³/mol. The van der Waals surface area contributed by atoms with Gasteiger partial charge in [0.05, 0.1) is 16.7 Å². The topological polar surface area (TPSA) is 64.1 Å². The fourth-order valence-electron chi connectivity index (χ4n) is 3.11. The summed E-state index contributed by atoms with van der Waals surface area (Å²) in [6.45, 7) is 4.81. The lowest BCUT2D eigenvalue weighted by Crippen LogP contribution is -2.12. The van der Waals surface area contributed by atoms with Gasteiger partial charge in [-0.25, -0.2) is 0 Å².